The Labute approximate surface area is 174 Å². The maximum Gasteiger partial charge on any atom is 0.442 e. The molecule has 0 spiro atoms. The highest BCUT2D eigenvalue weighted by molar-refractivity contribution is 7.22. The van der Waals surface area contributed by atoms with Gasteiger partial charge in [0.05, 0.1) is 23.2 Å². The van der Waals surface area contributed by atoms with E-state index in [2.05, 4.69) is 15.0 Å². The summed E-state index contributed by atoms with van der Waals surface area (Å²) in [7, 11) is 0. The van der Waals surface area contributed by atoms with Gasteiger partial charge in [0.25, 0.3) is 0 Å². The number of rotatable bonds is 7. The number of nitrogens with one attached hydrogen (secondary N) is 2. The number of thiazole rings is 1. The van der Waals surface area contributed by atoms with E-state index in [9.17, 15) is 22.8 Å². The number of hydrogen-bond donors (Lipinski definition) is 2. The van der Waals surface area contributed by atoms with E-state index in [0.29, 0.717) is 15.8 Å². The predicted molar refractivity (Wildman–Crippen MR) is 107 cm³/mol. The van der Waals surface area contributed by atoms with Crippen LogP contribution >= 0.6 is 11.3 Å². The molecule has 6 nitrogen and oxygen atoms in total. The van der Waals surface area contributed by atoms with Gasteiger partial charge in [-0.05, 0) is 24.6 Å². The van der Waals surface area contributed by atoms with Crippen molar-refractivity contribution in [2.75, 3.05) is 11.9 Å². The van der Waals surface area contributed by atoms with Gasteiger partial charge in [0.15, 0.2) is 5.13 Å². The normalized spacial score (nSPS) is 13.5. The third kappa shape index (κ3) is 4.54. The molecule has 1 aromatic heterocycles. The summed E-state index contributed by atoms with van der Waals surface area (Å²) in [4.78, 5) is 29.0. The van der Waals surface area contributed by atoms with Crippen LogP contribution in [0.2, 0.25) is 0 Å². The summed E-state index contributed by atoms with van der Waals surface area (Å²) in [5.41, 5.74) is -2.53. The second kappa shape index (κ2) is 8.70. The van der Waals surface area contributed by atoms with E-state index >= 15 is 0 Å². The molecule has 0 saturated heterocycles. The Bertz CT molecular complexity index is 1010. The molecule has 3 rings (SSSR count). The van der Waals surface area contributed by atoms with Gasteiger partial charge in [-0.3, -0.25) is 4.79 Å². The van der Waals surface area contributed by atoms with E-state index in [4.69, 9.17) is 0 Å². The first-order valence-electron chi connectivity index (χ1n) is 8.98. The number of halogens is 3. The first kappa shape index (κ1) is 21.6. The molecule has 0 aliphatic carbocycles. The van der Waals surface area contributed by atoms with Gasteiger partial charge in [0.1, 0.15) is 0 Å². The van der Waals surface area contributed by atoms with Crippen molar-refractivity contribution in [2.24, 2.45) is 0 Å². The molecule has 0 bridgehead atoms. The molecule has 0 saturated carbocycles. The van der Waals surface area contributed by atoms with Crippen molar-refractivity contribution in [1.29, 1.82) is 0 Å². The van der Waals surface area contributed by atoms with Crippen LogP contribution in [0, 0.1) is 0 Å². The topological polar surface area (TPSA) is 80.3 Å². The van der Waals surface area contributed by atoms with Gasteiger partial charge in [-0.15, -0.1) is 0 Å². The van der Waals surface area contributed by atoms with Gasteiger partial charge < -0.3 is 15.4 Å². The summed E-state index contributed by atoms with van der Waals surface area (Å²) in [5, 5.41) is 3.73. The molecule has 2 N–H and O–H groups in total. The highest BCUT2D eigenvalue weighted by Gasteiger charge is 2.64. The van der Waals surface area contributed by atoms with Crippen LogP contribution in [0.1, 0.15) is 12.5 Å². The standard InChI is InChI=1S/C20H18F3N3O3S/c1-2-29-17(28)19(20(21,22)23,25-16(27)12-13-8-4-3-5-9-13)26-18-24-14-10-6-7-11-15(14)30-18/h3-11H,2,12H2,1H3,(H,24,26)(H,25,27)/t19-/m0/s1. The largest absolute Gasteiger partial charge is 0.463 e. The summed E-state index contributed by atoms with van der Waals surface area (Å²) in [6, 6.07) is 14.9. The third-order valence-electron chi connectivity index (χ3n) is 4.13. The number of anilines is 1. The van der Waals surface area contributed by atoms with Gasteiger partial charge in [-0.1, -0.05) is 53.8 Å². The molecule has 158 valence electrons. The van der Waals surface area contributed by atoms with Crippen molar-refractivity contribution >= 4 is 38.6 Å². The fraction of sp³-hybridized carbons (Fsp3) is 0.250. The number of esters is 1. The van der Waals surface area contributed by atoms with E-state index in [-0.39, 0.29) is 18.2 Å². The molecule has 1 amide bonds. The van der Waals surface area contributed by atoms with Gasteiger partial charge >= 0.3 is 17.8 Å². The Kier molecular flexibility index (Phi) is 6.25. The van der Waals surface area contributed by atoms with Crippen LogP contribution in [0.15, 0.2) is 54.6 Å². The minimum atomic E-state index is -5.20. The Morgan fingerprint density at radius 1 is 1.07 bits per heavy atom. The van der Waals surface area contributed by atoms with E-state index in [1.54, 1.807) is 54.6 Å². The SMILES string of the molecule is CCOC(=O)[C@](NC(=O)Cc1ccccc1)(Nc1nc2ccccc2s1)C(F)(F)F. The lowest BCUT2D eigenvalue weighted by atomic mass is 10.1. The van der Waals surface area contributed by atoms with Gasteiger partial charge in [0, 0.05) is 0 Å². The van der Waals surface area contributed by atoms with Crippen LogP contribution < -0.4 is 10.6 Å². The zero-order chi connectivity index (χ0) is 21.8. The first-order chi connectivity index (χ1) is 14.2. The van der Waals surface area contributed by atoms with Gasteiger partial charge in [0.2, 0.25) is 5.91 Å². The summed E-state index contributed by atoms with van der Waals surface area (Å²) in [6.45, 7) is 1.08. The summed E-state index contributed by atoms with van der Waals surface area (Å²) in [5.74, 6) is -2.67. The van der Waals surface area contributed by atoms with Crippen molar-refractivity contribution in [1.82, 2.24) is 10.3 Å². The van der Waals surface area contributed by atoms with Crippen molar-refractivity contribution < 1.29 is 27.5 Å². The molecular formula is C20H18F3N3O3S. The van der Waals surface area contributed by atoms with Gasteiger partial charge in [-0.25, -0.2) is 9.78 Å². The number of carbonyl (C=O) groups is 2. The molecule has 10 heteroatoms. The van der Waals surface area contributed by atoms with Crippen LogP contribution in [0.25, 0.3) is 10.2 Å². The summed E-state index contributed by atoms with van der Waals surface area (Å²) < 4.78 is 47.9. The van der Waals surface area contributed by atoms with E-state index in [1.165, 1.54) is 6.92 Å². The molecule has 30 heavy (non-hydrogen) atoms. The molecule has 1 heterocycles. The molecule has 0 fully saturated rings. The number of alkyl halides is 3. The lowest BCUT2D eigenvalue weighted by molar-refractivity contribution is -0.207. The average Bonchev–Trinajstić information content (AvgIpc) is 3.09. The third-order valence-corrected chi connectivity index (χ3v) is 5.08. The number of fused-ring (bicyclic) bond motifs is 1. The predicted octanol–water partition coefficient (Wildman–Crippen LogP) is 3.89. The van der Waals surface area contributed by atoms with Gasteiger partial charge in [-0.2, -0.15) is 13.2 Å². The Balaban J connectivity index is 1.97. The summed E-state index contributed by atoms with van der Waals surface area (Å²) >= 11 is 0.926. The van der Waals surface area contributed by atoms with Crippen LogP contribution in [0.4, 0.5) is 18.3 Å². The number of hydrogen-bond acceptors (Lipinski definition) is 6. The minimum absolute atomic E-state index is 0.179. The minimum Gasteiger partial charge on any atom is -0.463 e. The number of nitrogens with zero attached hydrogens (tertiary/aromatic N) is 1. The Hall–Kier alpha value is -3.14. The number of aromatic nitrogens is 1. The van der Waals surface area contributed by atoms with Crippen molar-refractivity contribution in [2.45, 2.75) is 25.2 Å². The highest BCUT2D eigenvalue weighted by Crippen LogP contribution is 2.35. The van der Waals surface area contributed by atoms with E-state index < -0.39 is 23.7 Å². The molecule has 3 aromatic rings. The van der Waals surface area contributed by atoms with E-state index in [0.717, 1.165) is 11.3 Å². The van der Waals surface area contributed by atoms with Crippen LogP contribution in [-0.4, -0.2) is 35.3 Å². The number of benzene rings is 2. The first-order valence-corrected chi connectivity index (χ1v) is 9.79. The molecule has 0 radical (unpaired) electrons. The average molecular weight is 437 g/mol. The maximum atomic E-state index is 14.2. The number of amides is 1. The van der Waals surface area contributed by atoms with Crippen LogP contribution in [-0.2, 0) is 20.7 Å². The molecule has 0 aliphatic rings. The zero-order valence-corrected chi connectivity index (χ0v) is 16.6. The van der Waals surface area contributed by atoms with Crippen molar-refractivity contribution in [3.8, 4) is 0 Å². The highest BCUT2D eigenvalue weighted by atomic mass is 32.1. The second-order valence-electron chi connectivity index (χ2n) is 6.29. The monoisotopic (exact) mass is 437 g/mol. The number of ether oxygens (including phenoxy) is 1. The van der Waals surface area contributed by atoms with E-state index in [1.807, 2.05) is 5.32 Å². The lowest BCUT2D eigenvalue weighted by Crippen LogP contribution is -2.69. The zero-order valence-electron chi connectivity index (χ0n) is 15.8. The fourth-order valence-corrected chi connectivity index (χ4v) is 3.67. The molecular weight excluding hydrogens is 419 g/mol. The lowest BCUT2D eigenvalue weighted by Gasteiger charge is -2.34. The molecule has 2 aromatic carbocycles. The fourth-order valence-electron chi connectivity index (χ4n) is 2.75. The van der Waals surface area contributed by atoms with Crippen LogP contribution in [0.5, 0.6) is 0 Å². The number of carbonyl (C=O) groups excluding carboxylic acids is 2. The molecule has 0 unspecified atom stereocenters. The quantitative estimate of drug-likeness (QED) is 0.433. The van der Waals surface area contributed by atoms with Crippen molar-refractivity contribution in [3.05, 3.63) is 60.2 Å². The van der Waals surface area contributed by atoms with Crippen molar-refractivity contribution in [3.63, 3.8) is 0 Å². The second-order valence-corrected chi connectivity index (χ2v) is 7.32. The van der Waals surface area contributed by atoms with Crippen LogP contribution in [0.3, 0.4) is 0 Å². The maximum absolute atomic E-state index is 14.2. The number of para-hydroxylation sites is 1. The Morgan fingerprint density at radius 3 is 2.37 bits per heavy atom. The smallest absolute Gasteiger partial charge is 0.442 e. The molecule has 0 aliphatic heterocycles. The molecule has 1 atom stereocenters. The summed E-state index contributed by atoms with van der Waals surface area (Å²) in [6.07, 6.45) is -5.55. The Morgan fingerprint density at radius 2 is 1.73 bits per heavy atom.